The summed E-state index contributed by atoms with van der Waals surface area (Å²) < 4.78 is 13.0. The molecule has 0 aromatic heterocycles. The molecule has 1 saturated heterocycles. The number of carbonyl (C=O) groups is 1. The van der Waals surface area contributed by atoms with Gasteiger partial charge in [-0.1, -0.05) is 45.2 Å². The third-order valence-electron chi connectivity index (χ3n) is 4.85. The smallest absolute Gasteiger partial charge is 0.234 e. The van der Waals surface area contributed by atoms with Gasteiger partial charge in [0, 0.05) is 26.2 Å². The van der Waals surface area contributed by atoms with Gasteiger partial charge in [-0.15, -0.1) is 0 Å². The van der Waals surface area contributed by atoms with E-state index < -0.39 is 0 Å². The van der Waals surface area contributed by atoms with Gasteiger partial charge in [-0.2, -0.15) is 0 Å². The van der Waals surface area contributed by atoms with Crippen LogP contribution in [0.15, 0.2) is 24.3 Å². The molecule has 1 saturated carbocycles. The van der Waals surface area contributed by atoms with Crippen LogP contribution in [0.5, 0.6) is 0 Å². The van der Waals surface area contributed by atoms with Crippen molar-refractivity contribution in [3.8, 4) is 0 Å². The Labute approximate surface area is 157 Å². The standard InChI is InChI=1S/C18H25FN2O.C2H6.CH4O/c19-16-8-6-14(7-9-16)10-17-12-21(13-18(22)20-17)11-15-4-2-1-3-5-15;2*1-2/h6-9,15,17H,1-5,10-13H2,(H,20,22);1-2H3;2H,1H3/t17-;;/m0../s1. The number of hydrogen-bond donors (Lipinski definition) is 2. The second-order valence-corrected chi connectivity index (χ2v) is 6.79. The first-order chi connectivity index (χ1) is 12.7. The molecule has 26 heavy (non-hydrogen) atoms. The zero-order chi connectivity index (χ0) is 19.4. The van der Waals surface area contributed by atoms with Gasteiger partial charge in [0.1, 0.15) is 5.82 Å². The van der Waals surface area contributed by atoms with Gasteiger partial charge in [0.05, 0.1) is 6.54 Å². The number of amides is 1. The lowest BCUT2D eigenvalue weighted by atomic mass is 9.88. The third kappa shape index (κ3) is 7.83. The van der Waals surface area contributed by atoms with Crippen LogP contribution in [-0.4, -0.2) is 48.7 Å². The summed E-state index contributed by atoms with van der Waals surface area (Å²) in [6.07, 6.45) is 7.42. The van der Waals surface area contributed by atoms with Gasteiger partial charge >= 0.3 is 0 Å². The molecule has 1 aliphatic heterocycles. The van der Waals surface area contributed by atoms with Crippen molar-refractivity contribution in [2.75, 3.05) is 26.7 Å². The molecule has 0 unspecified atom stereocenters. The lowest BCUT2D eigenvalue weighted by Crippen LogP contribution is -2.55. The van der Waals surface area contributed by atoms with Crippen molar-refractivity contribution in [2.45, 2.75) is 58.4 Å². The molecule has 2 N–H and O–H groups in total. The topological polar surface area (TPSA) is 52.6 Å². The minimum atomic E-state index is -0.213. The first kappa shape index (κ1) is 22.6. The van der Waals surface area contributed by atoms with Gasteiger partial charge in [-0.3, -0.25) is 9.69 Å². The molecule has 1 atom stereocenters. The molecule has 2 aliphatic rings. The fourth-order valence-corrected chi connectivity index (χ4v) is 3.79. The van der Waals surface area contributed by atoms with E-state index in [1.54, 1.807) is 0 Å². The van der Waals surface area contributed by atoms with Crippen LogP contribution in [0.25, 0.3) is 0 Å². The lowest BCUT2D eigenvalue weighted by molar-refractivity contribution is -0.125. The molecule has 1 aliphatic carbocycles. The van der Waals surface area contributed by atoms with Gasteiger partial charge in [-0.05, 0) is 42.9 Å². The highest BCUT2D eigenvalue weighted by atomic mass is 19.1. The van der Waals surface area contributed by atoms with Crippen molar-refractivity contribution < 1.29 is 14.3 Å². The maximum Gasteiger partial charge on any atom is 0.234 e. The van der Waals surface area contributed by atoms with E-state index in [1.165, 1.54) is 44.2 Å². The molecule has 1 heterocycles. The molecule has 0 spiro atoms. The minimum Gasteiger partial charge on any atom is -0.400 e. The van der Waals surface area contributed by atoms with Gasteiger partial charge in [0.25, 0.3) is 0 Å². The number of hydrogen-bond acceptors (Lipinski definition) is 3. The molecule has 1 amide bonds. The first-order valence-corrected chi connectivity index (χ1v) is 9.90. The van der Waals surface area contributed by atoms with E-state index in [2.05, 4.69) is 10.2 Å². The molecular weight excluding hydrogens is 331 g/mol. The largest absolute Gasteiger partial charge is 0.400 e. The average molecular weight is 367 g/mol. The summed E-state index contributed by atoms with van der Waals surface area (Å²) in [7, 11) is 1.00. The van der Waals surface area contributed by atoms with Crippen LogP contribution >= 0.6 is 0 Å². The fourth-order valence-electron chi connectivity index (χ4n) is 3.79. The first-order valence-electron chi connectivity index (χ1n) is 9.90. The summed E-state index contributed by atoms with van der Waals surface area (Å²) in [6.45, 7) is 6.48. The number of piperazine rings is 1. The Morgan fingerprint density at radius 2 is 1.73 bits per heavy atom. The summed E-state index contributed by atoms with van der Waals surface area (Å²) in [5, 5.41) is 10.1. The highest BCUT2D eigenvalue weighted by molar-refractivity contribution is 5.79. The Balaban J connectivity index is 0.000000791. The molecule has 148 valence electrons. The summed E-state index contributed by atoms with van der Waals surface area (Å²) in [4.78, 5) is 14.3. The van der Waals surface area contributed by atoms with Crippen LogP contribution in [0.4, 0.5) is 4.39 Å². The van der Waals surface area contributed by atoms with Crippen LogP contribution in [0.2, 0.25) is 0 Å². The van der Waals surface area contributed by atoms with E-state index in [-0.39, 0.29) is 17.8 Å². The highest BCUT2D eigenvalue weighted by Gasteiger charge is 2.27. The summed E-state index contributed by atoms with van der Waals surface area (Å²) in [5.74, 6) is 0.663. The zero-order valence-corrected chi connectivity index (χ0v) is 16.5. The van der Waals surface area contributed by atoms with Crippen molar-refractivity contribution in [3.63, 3.8) is 0 Å². The maximum atomic E-state index is 13.0. The van der Waals surface area contributed by atoms with Crippen LogP contribution in [0, 0.1) is 11.7 Å². The number of aliphatic hydroxyl groups excluding tert-OH is 1. The highest BCUT2D eigenvalue weighted by Crippen LogP contribution is 2.25. The third-order valence-corrected chi connectivity index (χ3v) is 4.85. The lowest BCUT2D eigenvalue weighted by Gasteiger charge is -2.36. The van der Waals surface area contributed by atoms with Crippen LogP contribution < -0.4 is 5.32 Å². The second kappa shape index (κ2) is 12.8. The number of benzene rings is 1. The Morgan fingerprint density at radius 1 is 1.12 bits per heavy atom. The number of nitrogens with zero attached hydrogens (tertiary/aromatic N) is 1. The van der Waals surface area contributed by atoms with E-state index in [4.69, 9.17) is 5.11 Å². The maximum absolute atomic E-state index is 13.0. The molecule has 2 fully saturated rings. The predicted octanol–water partition coefficient (Wildman–Crippen LogP) is 3.38. The van der Waals surface area contributed by atoms with Crippen molar-refractivity contribution in [1.29, 1.82) is 0 Å². The Bertz CT molecular complexity index is 501. The summed E-state index contributed by atoms with van der Waals surface area (Å²) in [6, 6.07) is 6.72. The molecule has 0 bridgehead atoms. The molecule has 1 aromatic carbocycles. The van der Waals surface area contributed by atoms with E-state index >= 15 is 0 Å². The van der Waals surface area contributed by atoms with Crippen LogP contribution in [-0.2, 0) is 11.2 Å². The Kier molecular flexibility index (Phi) is 11.1. The molecule has 5 heteroatoms. The number of rotatable bonds is 4. The molecular formula is C21H35FN2O2. The average Bonchev–Trinajstić information content (AvgIpc) is 2.67. The number of carbonyl (C=O) groups excluding carboxylic acids is 1. The summed E-state index contributed by atoms with van der Waals surface area (Å²) >= 11 is 0. The van der Waals surface area contributed by atoms with Gasteiger partial charge in [-0.25, -0.2) is 4.39 Å². The Hall–Kier alpha value is -1.46. The van der Waals surface area contributed by atoms with Crippen molar-refractivity contribution in [3.05, 3.63) is 35.6 Å². The predicted molar refractivity (Wildman–Crippen MR) is 105 cm³/mol. The van der Waals surface area contributed by atoms with E-state index in [0.717, 1.165) is 38.1 Å². The SMILES string of the molecule is CC.CO.O=C1CN(CC2CCCCC2)C[C@H](Cc2ccc(F)cc2)N1. The van der Waals surface area contributed by atoms with Gasteiger partial charge in [0.15, 0.2) is 0 Å². The van der Waals surface area contributed by atoms with Crippen molar-refractivity contribution in [2.24, 2.45) is 5.92 Å². The monoisotopic (exact) mass is 366 g/mol. The van der Waals surface area contributed by atoms with Gasteiger partial charge in [0.2, 0.25) is 5.91 Å². The number of nitrogens with one attached hydrogen (secondary N) is 1. The quantitative estimate of drug-likeness (QED) is 0.859. The fraction of sp³-hybridized carbons (Fsp3) is 0.667. The zero-order valence-electron chi connectivity index (χ0n) is 16.5. The number of halogens is 1. The number of aliphatic hydroxyl groups is 1. The van der Waals surface area contributed by atoms with E-state index in [9.17, 15) is 9.18 Å². The molecule has 4 nitrogen and oxygen atoms in total. The van der Waals surface area contributed by atoms with Crippen LogP contribution in [0.1, 0.15) is 51.5 Å². The van der Waals surface area contributed by atoms with Crippen molar-refractivity contribution in [1.82, 2.24) is 10.2 Å². The molecule has 3 rings (SSSR count). The molecule has 0 radical (unpaired) electrons. The normalized spacial score (nSPS) is 21.0. The second-order valence-electron chi connectivity index (χ2n) is 6.79. The van der Waals surface area contributed by atoms with Gasteiger partial charge < -0.3 is 10.4 Å². The minimum absolute atomic E-state index is 0.120. The Morgan fingerprint density at radius 3 is 2.35 bits per heavy atom. The molecule has 1 aromatic rings. The van der Waals surface area contributed by atoms with Crippen molar-refractivity contribution >= 4 is 5.91 Å². The summed E-state index contributed by atoms with van der Waals surface area (Å²) in [5.41, 5.74) is 1.08. The van der Waals surface area contributed by atoms with E-state index in [0.29, 0.717) is 6.54 Å². The van der Waals surface area contributed by atoms with Crippen LogP contribution in [0.3, 0.4) is 0 Å². The van der Waals surface area contributed by atoms with E-state index in [1.807, 2.05) is 26.0 Å².